The fourth-order valence-electron chi connectivity index (χ4n) is 4.21. The third-order valence-corrected chi connectivity index (χ3v) is 5.92. The third kappa shape index (κ3) is 4.45. The number of imidazole rings is 1. The number of piperidine rings is 1. The molecule has 1 aromatic carbocycles. The van der Waals surface area contributed by atoms with E-state index in [2.05, 4.69) is 19.8 Å². The molecule has 1 atom stereocenters. The number of hydrogen-bond donors (Lipinski definition) is 1. The number of benzene rings is 1. The second-order valence-electron chi connectivity index (χ2n) is 7.54. The Labute approximate surface area is 166 Å². The third-order valence-electron chi connectivity index (χ3n) is 5.92. The maximum absolute atomic E-state index is 13.8. The lowest BCUT2D eigenvalue weighted by Crippen LogP contribution is -2.38. The Kier molecular flexibility index (Phi) is 6.40. The molecular weight excluding hydrogens is 367 g/mol. The first kappa shape index (κ1) is 20.1. The van der Waals surface area contributed by atoms with Crippen LogP contribution in [0.1, 0.15) is 25.1 Å². The molecule has 1 saturated carbocycles. The number of para-hydroxylation sites is 1. The molecule has 148 valence electrons. The predicted molar refractivity (Wildman–Crippen MR) is 106 cm³/mol. The SMILES string of the molecule is Cl.Cn1ccnc1CN(CCOc1ccccc1F)C1CC12CCNCC2. The average Bonchev–Trinajstić information content (AvgIpc) is 3.17. The van der Waals surface area contributed by atoms with Gasteiger partial charge in [-0.2, -0.15) is 0 Å². The first-order valence-corrected chi connectivity index (χ1v) is 9.46. The predicted octanol–water partition coefficient (Wildman–Crippen LogP) is 3.00. The molecular formula is C20H28ClFN4O. The Balaban J connectivity index is 0.00000210. The van der Waals surface area contributed by atoms with Gasteiger partial charge in [-0.1, -0.05) is 12.1 Å². The zero-order valence-electron chi connectivity index (χ0n) is 15.7. The summed E-state index contributed by atoms with van der Waals surface area (Å²) >= 11 is 0. The molecule has 0 radical (unpaired) electrons. The second-order valence-corrected chi connectivity index (χ2v) is 7.54. The Hall–Kier alpha value is -1.63. The number of ether oxygens (including phenoxy) is 1. The monoisotopic (exact) mass is 394 g/mol. The molecule has 2 aromatic rings. The molecule has 27 heavy (non-hydrogen) atoms. The molecule has 1 unspecified atom stereocenters. The average molecular weight is 395 g/mol. The Morgan fingerprint density at radius 2 is 2.11 bits per heavy atom. The van der Waals surface area contributed by atoms with Crippen molar-refractivity contribution >= 4 is 12.4 Å². The van der Waals surface area contributed by atoms with Gasteiger partial charge in [0.25, 0.3) is 0 Å². The molecule has 1 aromatic heterocycles. The van der Waals surface area contributed by atoms with Gasteiger partial charge in [0.2, 0.25) is 0 Å². The molecule has 0 bridgehead atoms. The molecule has 2 fully saturated rings. The Morgan fingerprint density at radius 3 is 2.81 bits per heavy atom. The molecule has 0 amide bonds. The summed E-state index contributed by atoms with van der Waals surface area (Å²) in [5.74, 6) is 1.09. The van der Waals surface area contributed by atoms with Crippen LogP contribution in [0.15, 0.2) is 36.7 Å². The van der Waals surface area contributed by atoms with Gasteiger partial charge in [0, 0.05) is 32.0 Å². The van der Waals surface area contributed by atoms with Gasteiger partial charge in [-0.25, -0.2) is 9.37 Å². The smallest absolute Gasteiger partial charge is 0.165 e. The van der Waals surface area contributed by atoms with Crippen LogP contribution in [0.4, 0.5) is 4.39 Å². The zero-order valence-corrected chi connectivity index (χ0v) is 16.6. The molecule has 1 saturated heterocycles. The number of rotatable bonds is 7. The summed E-state index contributed by atoms with van der Waals surface area (Å²) in [6, 6.07) is 7.18. The van der Waals surface area contributed by atoms with Gasteiger partial charge in [-0.3, -0.25) is 4.90 Å². The van der Waals surface area contributed by atoms with Crippen molar-refractivity contribution in [1.82, 2.24) is 19.8 Å². The van der Waals surface area contributed by atoms with E-state index in [1.807, 2.05) is 19.4 Å². The first-order chi connectivity index (χ1) is 12.7. The summed E-state index contributed by atoms with van der Waals surface area (Å²) in [5.41, 5.74) is 0.453. The number of aromatic nitrogens is 2. The number of halogens is 2. The quantitative estimate of drug-likeness (QED) is 0.783. The minimum atomic E-state index is -0.301. The largest absolute Gasteiger partial charge is 0.489 e. The van der Waals surface area contributed by atoms with Crippen LogP contribution in [-0.4, -0.2) is 46.7 Å². The van der Waals surface area contributed by atoms with E-state index in [4.69, 9.17) is 4.74 Å². The first-order valence-electron chi connectivity index (χ1n) is 9.46. The van der Waals surface area contributed by atoms with Crippen LogP contribution in [-0.2, 0) is 13.6 Å². The van der Waals surface area contributed by atoms with E-state index >= 15 is 0 Å². The van der Waals surface area contributed by atoms with Crippen LogP contribution >= 0.6 is 12.4 Å². The van der Waals surface area contributed by atoms with Crippen LogP contribution in [0.25, 0.3) is 0 Å². The van der Waals surface area contributed by atoms with Crippen molar-refractivity contribution in [1.29, 1.82) is 0 Å². The van der Waals surface area contributed by atoms with Crippen LogP contribution in [0.2, 0.25) is 0 Å². The molecule has 1 aliphatic carbocycles. The van der Waals surface area contributed by atoms with Crippen molar-refractivity contribution in [2.45, 2.75) is 31.8 Å². The fourth-order valence-corrected chi connectivity index (χ4v) is 4.21. The van der Waals surface area contributed by atoms with Gasteiger partial charge in [-0.05, 0) is 49.9 Å². The number of hydrogen-bond acceptors (Lipinski definition) is 4. The highest BCUT2D eigenvalue weighted by atomic mass is 35.5. The topological polar surface area (TPSA) is 42.3 Å². The lowest BCUT2D eigenvalue weighted by atomic mass is 9.93. The highest BCUT2D eigenvalue weighted by Crippen LogP contribution is 2.55. The summed E-state index contributed by atoms with van der Waals surface area (Å²) in [6.07, 6.45) is 7.55. The maximum atomic E-state index is 13.8. The van der Waals surface area contributed by atoms with Crippen molar-refractivity contribution < 1.29 is 9.13 Å². The molecule has 7 heteroatoms. The summed E-state index contributed by atoms with van der Waals surface area (Å²) in [7, 11) is 2.03. The standard InChI is InChI=1S/C20H27FN4O.ClH/c1-24-11-10-23-19(24)15-25(18-14-20(18)6-8-22-9-7-20)12-13-26-17-5-3-2-4-16(17)21;/h2-5,10-11,18,22H,6-9,12-15H2,1H3;1H. The van der Waals surface area contributed by atoms with Crippen LogP contribution in [0.3, 0.4) is 0 Å². The Morgan fingerprint density at radius 1 is 1.33 bits per heavy atom. The van der Waals surface area contributed by atoms with E-state index in [-0.39, 0.29) is 18.2 Å². The molecule has 2 heterocycles. The lowest BCUT2D eigenvalue weighted by molar-refractivity contribution is 0.156. The molecule has 1 aliphatic heterocycles. The van der Waals surface area contributed by atoms with Gasteiger partial charge >= 0.3 is 0 Å². The molecule has 5 nitrogen and oxygen atoms in total. The van der Waals surface area contributed by atoms with E-state index in [0.29, 0.717) is 23.8 Å². The minimum absolute atomic E-state index is 0. The van der Waals surface area contributed by atoms with Gasteiger partial charge in [0.15, 0.2) is 11.6 Å². The lowest BCUT2D eigenvalue weighted by Gasteiger charge is -2.29. The number of aryl methyl sites for hydroxylation is 1. The normalized spacial score (nSPS) is 20.5. The van der Waals surface area contributed by atoms with Gasteiger partial charge in [-0.15, -0.1) is 12.4 Å². The van der Waals surface area contributed by atoms with E-state index in [9.17, 15) is 4.39 Å². The van der Waals surface area contributed by atoms with Crippen molar-refractivity contribution in [3.05, 3.63) is 48.3 Å². The maximum Gasteiger partial charge on any atom is 0.165 e. The molecule has 1 N–H and O–H groups in total. The summed E-state index contributed by atoms with van der Waals surface area (Å²) in [4.78, 5) is 6.97. The highest BCUT2D eigenvalue weighted by Gasteiger charge is 2.56. The second kappa shape index (κ2) is 8.59. The van der Waals surface area contributed by atoms with Crippen molar-refractivity contribution in [3.8, 4) is 5.75 Å². The Bertz CT molecular complexity index is 747. The molecule has 4 rings (SSSR count). The summed E-state index contributed by atoms with van der Waals surface area (Å²) < 4.78 is 21.6. The van der Waals surface area contributed by atoms with E-state index in [0.717, 1.165) is 32.0 Å². The molecule has 1 spiro atoms. The van der Waals surface area contributed by atoms with Crippen LogP contribution < -0.4 is 10.1 Å². The summed E-state index contributed by atoms with van der Waals surface area (Å²) in [6.45, 7) is 4.29. The van der Waals surface area contributed by atoms with Gasteiger partial charge < -0.3 is 14.6 Å². The highest BCUT2D eigenvalue weighted by molar-refractivity contribution is 5.85. The van der Waals surface area contributed by atoms with Crippen molar-refractivity contribution in [3.63, 3.8) is 0 Å². The van der Waals surface area contributed by atoms with Gasteiger partial charge in [0.1, 0.15) is 12.4 Å². The molecule has 2 aliphatic rings. The fraction of sp³-hybridized carbons (Fsp3) is 0.550. The van der Waals surface area contributed by atoms with Crippen molar-refractivity contribution in [2.75, 3.05) is 26.2 Å². The van der Waals surface area contributed by atoms with Crippen molar-refractivity contribution in [2.24, 2.45) is 12.5 Å². The van der Waals surface area contributed by atoms with E-state index < -0.39 is 0 Å². The van der Waals surface area contributed by atoms with Crippen LogP contribution in [0.5, 0.6) is 5.75 Å². The van der Waals surface area contributed by atoms with E-state index in [1.165, 1.54) is 25.3 Å². The number of nitrogens with zero attached hydrogens (tertiary/aromatic N) is 3. The minimum Gasteiger partial charge on any atom is -0.489 e. The summed E-state index contributed by atoms with van der Waals surface area (Å²) in [5, 5.41) is 3.46. The van der Waals surface area contributed by atoms with E-state index in [1.54, 1.807) is 18.2 Å². The van der Waals surface area contributed by atoms with Gasteiger partial charge in [0.05, 0.1) is 6.54 Å². The zero-order chi connectivity index (χ0) is 18.0. The van der Waals surface area contributed by atoms with Crippen LogP contribution in [0, 0.1) is 11.2 Å². The number of nitrogens with one attached hydrogen (secondary N) is 1.